The van der Waals surface area contributed by atoms with Gasteiger partial charge in [0.25, 0.3) is 0 Å². The van der Waals surface area contributed by atoms with E-state index in [9.17, 15) is 0 Å². The number of benzene rings is 1. The third kappa shape index (κ3) is 5.20. The van der Waals surface area contributed by atoms with Gasteiger partial charge >= 0.3 is 0 Å². The summed E-state index contributed by atoms with van der Waals surface area (Å²) in [6.45, 7) is 3.58. The maximum Gasteiger partial charge on any atom is 0.0731 e. The molecule has 0 atom stereocenters. The van der Waals surface area contributed by atoms with Crippen molar-refractivity contribution in [3.63, 3.8) is 0 Å². The number of hydrogen-bond donors (Lipinski definition) is 0. The minimum atomic E-state index is 0.572. The molecule has 3 heteroatoms. The SMILES string of the molecule is CCCCCCOCc1ccc(Cl)cc1Cl. The zero-order chi connectivity index (χ0) is 11.8. The van der Waals surface area contributed by atoms with Crippen LogP contribution in [-0.2, 0) is 11.3 Å². The van der Waals surface area contributed by atoms with Crippen LogP contribution < -0.4 is 0 Å². The van der Waals surface area contributed by atoms with Crippen LogP contribution in [0.25, 0.3) is 0 Å². The Labute approximate surface area is 108 Å². The number of halogens is 2. The van der Waals surface area contributed by atoms with Crippen molar-refractivity contribution in [2.45, 2.75) is 39.2 Å². The molecule has 1 aromatic rings. The Morgan fingerprint density at radius 1 is 1.12 bits per heavy atom. The van der Waals surface area contributed by atoms with Crippen molar-refractivity contribution in [3.8, 4) is 0 Å². The van der Waals surface area contributed by atoms with Crippen molar-refractivity contribution in [2.24, 2.45) is 0 Å². The highest BCUT2D eigenvalue weighted by Crippen LogP contribution is 2.21. The van der Waals surface area contributed by atoms with Gasteiger partial charge in [-0.25, -0.2) is 0 Å². The third-order valence-corrected chi connectivity index (χ3v) is 3.00. The number of hydrogen-bond acceptors (Lipinski definition) is 1. The zero-order valence-corrected chi connectivity index (χ0v) is 11.2. The van der Waals surface area contributed by atoms with E-state index in [0.717, 1.165) is 18.6 Å². The Hall–Kier alpha value is -0.240. The summed E-state index contributed by atoms with van der Waals surface area (Å²) in [5, 5.41) is 1.35. The van der Waals surface area contributed by atoms with Gasteiger partial charge in [-0.05, 0) is 24.1 Å². The lowest BCUT2D eigenvalue weighted by atomic mass is 10.2. The lowest BCUT2D eigenvalue weighted by Gasteiger charge is -2.06. The fraction of sp³-hybridized carbons (Fsp3) is 0.538. The fourth-order valence-electron chi connectivity index (χ4n) is 1.45. The van der Waals surface area contributed by atoms with Crippen LogP contribution in [0.15, 0.2) is 18.2 Å². The summed E-state index contributed by atoms with van der Waals surface area (Å²) >= 11 is 11.8. The standard InChI is InChI=1S/C13H18Cl2O/c1-2-3-4-5-8-16-10-11-6-7-12(14)9-13(11)15/h6-7,9H,2-5,8,10H2,1H3. The van der Waals surface area contributed by atoms with E-state index in [0.29, 0.717) is 16.7 Å². The van der Waals surface area contributed by atoms with Crippen molar-refractivity contribution in [2.75, 3.05) is 6.61 Å². The van der Waals surface area contributed by atoms with E-state index in [1.165, 1.54) is 19.3 Å². The van der Waals surface area contributed by atoms with E-state index >= 15 is 0 Å². The molecule has 16 heavy (non-hydrogen) atoms. The molecule has 0 spiro atoms. The van der Waals surface area contributed by atoms with Gasteiger partial charge in [0.15, 0.2) is 0 Å². The van der Waals surface area contributed by atoms with Gasteiger partial charge < -0.3 is 4.74 Å². The molecular weight excluding hydrogens is 243 g/mol. The highest BCUT2D eigenvalue weighted by atomic mass is 35.5. The molecule has 90 valence electrons. The second-order valence-corrected chi connectivity index (χ2v) is 4.69. The second-order valence-electron chi connectivity index (χ2n) is 3.85. The third-order valence-electron chi connectivity index (χ3n) is 2.41. The first-order chi connectivity index (χ1) is 7.74. The Balaban J connectivity index is 2.21. The average molecular weight is 261 g/mol. The first-order valence-electron chi connectivity index (χ1n) is 5.75. The van der Waals surface area contributed by atoms with Crippen LogP contribution in [0, 0.1) is 0 Å². The van der Waals surface area contributed by atoms with Crippen LogP contribution in [0.3, 0.4) is 0 Å². The molecule has 0 radical (unpaired) electrons. The van der Waals surface area contributed by atoms with Crippen molar-refractivity contribution < 1.29 is 4.74 Å². The van der Waals surface area contributed by atoms with Crippen molar-refractivity contribution in [1.82, 2.24) is 0 Å². The summed E-state index contributed by atoms with van der Waals surface area (Å²) < 4.78 is 5.56. The maximum absolute atomic E-state index is 6.03. The fourth-order valence-corrected chi connectivity index (χ4v) is 1.91. The van der Waals surface area contributed by atoms with Gasteiger partial charge in [-0.2, -0.15) is 0 Å². The largest absolute Gasteiger partial charge is 0.377 e. The average Bonchev–Trinajstić information content (AvgIpc) is 2.26. The minimum Gasteiger partial charge on any atom is -0.377 e. The monoisotopic (exact) mass is 260 g/mol. The van der Waals surface area contributed by atoms with Crippen LogP contribution in [-0.4, -0.2) is 6.61 Å². The van der Waals surface area contributed by atoms with E-state index in [-0.39, 0.29) is 0 Å². The normalized spacial score (nSPS) is 10.7. The molecule has 0 aliphatic heterocycles. The molecule has 0 N–H and O–H groups in total. The molecule has 0 bridgehead atoms. The molecule has 0 saturated heterocycles. The van der Waals surface area contributed by atoms with Crippen molar-refractivity contribution >= 4 is 23.2 Å². The van der Waals surface area contributed by atoms with E-state index in [2.05, 4.69) is 6.92 Å². The molecule has 1 aromatic carbocycles. The summed E-state index contributed by atoms with van der Waals surface area (Å²) in [5.41, 5.74) is 1.00. The van der Waals surface area contributed by atoms with Gasteiger partial charge in [-0.15, -0.1) is 0 Å². The van der Waals surface area contributed by atoms with Gasteiger partial charge in [0.2, 0.25) is 0 Å². The van der Waals surface area contributed by atoms with Gasteiger partial charge in [0.1, 0.15) is 0 Å². The molecule has 0 unspecified atom stereocenters. The highest BCUT2D eigenvalue weighted by Gasteiger charge is 2.00. The molecular formula is C13H18Cl2O. The van der Waals surface area contributed by atoms with Gasteiger partial charge in [-0.3, -0.25) is 0 Å². The second kappa shape index (κ2) is 7.94. The Kier molecular flexibility index (Phi) is 6.86. The van der Waals surface area contributed by atoms with E-state index in [1.54, 1.807) is 6.07 Å². The van der Waals surface area contributed by atoms with Gasteiger partial charge in [-0.1, -0.05) is 55.5 Å². The number of rotatable bonds is 7. The summed E-state index contributed by atoms with van der Waals surface area (Å²) in [6.07, 6.45) is 4.90. The molecule has 0 aliphatic carbocycles. The smallest absolute Gasteiger partial charge is 0.0731 e. The van der Waals surface area contributed by atoms with Gasteiger partial charge in [0.05, 0.1) is 6.61 Å². The van der Waals surface area contributed by atoms with Crippen LogP contribution in [0.1, 0.15) is 38.2 Å². The molecule has 0 fully saturated rings. The number of unbranched alkanes of at least 4 members (excludes halogenated alkanes) is 3. The molecule has 0 heterocycles. The quantitative estimate of drug-likeness (QED) is 0.621. The summed E-state index contributed by atoms with van der Waals surface area (Å²) in [6, 6.07) is 5.50. The van der Waals surface area contributed by atoms with Crippen molar-refractivity contribution in [3.05, 3.63) is 33.8 Å². The first kappa shape index (κ1) is 13.8. The molecule has 0 amide bonds. The molecule has 0 aliphatic rings. The lowest BCUT2D eigenvalue weighted by Crippen LogP contribution is -1.96. The summed E-state index contributed by atoms with van der Waals surface area (Å²) in [4.78, 5) is 0. The molecule has 0 aromatic heterocycles. The van der Waals surface area contributed by atoms with Crippen molar-refractivity contribution in [1.29, 1.82) is 0 Å². The maximum atomic E-state index is 6.03. The molecule has 0 saturated carbocycles. The van der Waals surface area contributed by atoms with Gasteiger partial charge in [0, 0.05) is 16.7 Å². The zero-order valence-electron chi connectivity index (χ0n) is 9.64. The Morgan fingerprint density at radius 2 is 1.94 bits per heavy atom. The van der Waals surface area contributed by atoms with Crippen LogP contribution in [0.4, 0.5) is 0 Å². The highest BCUT2D eigenvalue weighted by molar-refractivity contribution is 6.35. The van der Waals surface area contributed by atoms with Crippen LogP contribution in [0.5, 0.6) is 0 Å². The molecule has 1 rings (SSSR count). The number of ether oxygens (including phenoxy) is 1. The lowest BCUT2D eigenvalue weighted by molar-refractivity contribution is 0.117. The van der Waals surface area contributed by atoms with Crippen LogP contribution >= 0.6 is 23.2 Å². The predicted molar refractivity (Wildman–Crippen MR) is 70.3 cm³/mol. The topological polar surface area (TPSA) is 9.23 Å². The van der Waals surface area contributed by atoms with E-state index in [1.807, 2.05) is 12.1 Å². The first-order valence-corrected chi connectivity index (χ1v) is 6.51. The Bertz CT molecular complexity index is 313. The van der Waals surface area contributed by atoms with Crippen LogP contribution in [0.2, 0.25) is 10.0 Å². The summed E-state index contributed by atoms with van der Waals surface area (Å²) in [5.74, 6) is 0. The summed E-state index contributed by atoms with van der Waals surface area (Å²) in [7, 11) is 0. The van der Waals surface area contributed by atoms with E-state index < -0.39 is 0 Å². The predicted octanol–water partition coefficient (Wildman–Crippen LogP) is 5.09. The molecule has 1 nitrogen and oxygen atoms in total. The Morgan fingerprint density at radius 3 is 2.62 bits per heavy atom. The van der Waals surface area contributed by atoms with E-state index in [4.69, 9.17) is 27.9 Å². The minimum absolute atomic E-state index is 0.572.